The zero-order chi connectivity index (χ0) is 20.1. The van der Waals surface area contributed by atoms with E-state index in [1.807, 2.05) is 24.3 Å². The molecule has 1 atom stereocenters. The molecule has 0 spiro atoms. The number of amides is 2. The topological polar surface area (TPSA) is 106 Å². The van der Waals surface area contributed by atoms with Crippen molar-refractivity contribution < 1.29 is 22.7 Å². The number of hydrogen-bond donors (Lipinski definition) is 3. The molecule has 0 saturated carbocycles. The molecule has 9 heteroatoms. The lowest BCUT2D eigenvalue weighted by atomic mass is 10.0. The molecule has 3 rings (SSSR count). The number of methoxy groups -OCH3 is 1. The molecule has 8 nitrogen and oxygen atoms in total. The van der Waals surface area contributed by atoms with E-state index in [1.165, 1.54) is 7.11 Å². The molecule has 0 bridgehead atoms. The number of fused-ring (bicyclic) bond motifs is 1. The summed E-state index contributed by atoms with van der Waals surface area (Å²) in [6.45, 7) is 2.07. The quantitative estimate of drug-likeness (QED) is 0.685. The van der Waals surface area contributed by atoms with Gasteiger partial charge in [-0.2, -0.15) is 0 Å². The molecule has 0 fully saturated rings. The van der Waals surface area contributed by atoms with Gasteiger partial charge in [0.2, 0.25) is 10.0 Å². The number of anilines is 2. The summed E-state index contributed by atoms with van der Waals surface area (Å²) in [5, 5.41) is 5.69. The van der Waals surface area contributed by atoms with Crippen molar-refractivity contribution in [3.05, 3.63) is 48.0 Å². The van der Waals surface area contributed by atoms with Crippen LogP contribution in [0.5, 0.6) is 11.5 Å². The van der Waals surface area contributed by atoms with E-state index in [4.69, 9.17) is 9.47 Å². The first-order valence-electron chi connectivity index (χ1n) is 8.89. The third-order valence-electron chi connectivity index (χ3n) is 4.37. The van der Waals surface area contributed by atoms with Crippen molar-refractivity contribution in [3.8, 4) is 11.5 Å². The van der Waals surface area contributed by atoms with Gasteiger partial charge in [0.25, 0.3) is 0 Å². The minimum atomic E-state index is -3.43. The van der Waals surface area contributed by atoms with Crippen LogP contribution in [-0.4, -0.2) is 33.9 Å². The van der Waals surface area contributed by atoms with E-state index in [1.54, 1.807) is 25.1 Å². The normalized spacial score (nSPS) is 15.7. The second kappa shape index (κ2) is 8.39. The third-order valence-corrected chi connectivity index (χ3v) is 5.66. The fourth-order valence-electron chi connectivity index (χ4n) is 2.91. The minimum Gasteiger partial charge on any atom is -0.494 e. The fraction of sp³-hybridized carbons (Fsp3) is 0.316. The van der Waals surface area contributed by atoms with Gasteiger partial charge in [-0.05, 0) is 25.1 Å². The molecule has 2 aromatic rings. The van der Waals surface area contributed by atoms with Crippen molar-refractivity contribution in [1.82, 2.24) is 5.32 Å². The van der Waals surface area contributed by atoms with Gasteiger partial charge in [0.1, 0.15) is 11.5 Å². The monoisotopic (exact) mass is 405 g/mol. The Labute approximate surface area is 164 Å². The van der Waals surface area contributed by atoms with Crippen LogP contribution in [0, 0.1) is 0 Å². The van der Waals surface area contributed by atoms with E-state index >= 15 is 0 Å². The number of carbonyl (C=O) groups excluding carboxylic acids is 1. The first kappa shape index (κ1) is 19.8. The smallest absolute Gasteiger partial charge is 0.319 e. The number of hydrogen-bond acceptors (Lipinski definition) is 5. The molecular formula is C19H23N3O5S. The molecule has 0 radical (unpaired) electrons. The molecule has 1 heterocycles. The van der Waals surface area contributed by atoms with Gasteiger partial charge in [0.05, 0.1) is 31.2 Å². The SMILES string of the molecule is CCS(=O)(=O)Nc1ccc(NC(=O)NC2CCOc3ccccc32)cc1OC. The standard InChI is InChI=1S/C19H23N3O5S/c1-3-28(24,25)22-16-9-8-13(12-18(16)26-2)20-19(23)21-15-10-11-27-17-7-5-4-6-14(15)17/h4-9,12,15,22H,3,10-11H2,1-2H3,(H2,20,21,23). The Balaban J connectivity index is 1.69. The van der Waals surface area contributed by atoms with Crippen LogP contribution < -0.4 is 24.8 Å². The van der Waals surface area contributed by atoms with Crippen LogP contribution in [0.15, 0.2) is 42.5 Å². The number of urea groups is 1. The lowest BCUT2D eigenvalue weighted by Gasteiger charge is -2.26. The van der Waals surface area contributed by atoms with Crippen LogP contribution in [0.25, 0.3) is 0 Å². The molecule has 0 aromatic heterocycles. The molecule has 2 amide bonds. The number of sulfonamides is 1. The van der Waals surface area contributed by atoms with Crippen molar-refractivity contribution in [2.24, 2.45) is 0 Å². The minimum absolute atomic E-state index is 0.0505. The molecule has 150 valence electrons. The summed E-state index contributed by atoms with van der Waals surface area (Å²) in [7, 11) is -2.00. The summed E-state index contributed by atoms with van der Waals surface area (Å²) in [5.41, 5.74) is 1.73. The first-order chi connectivity index (χ1) is 13.4. The summed E-state index contributed by atoms with van der Waals surface area (Å²) >= 11 is 0. The average molecular weight is 405 g/mol. The summed E-state index contributed by atoms with van der Waals surface area (Å²) in [6, 6.07) is 11.8. The largest absolute Gasteiger partial charge is 0.494 e. The van der Waals surface area contributed by atoms with Crippen LogP contribution >= 0.6 is 0 Å². The predicted octanol–water partition coefficient (Wildman–Crippen LogP) is 3.10. The number of rotatable bonds is 6. The zero-order valence-corrected chi connectivity index (χ0v) is 16.5. The molecular weight excluding hydrogens is 382 g/mol. The molecule has 3 N–H and O–H groups in total. The van der Waals surface area contributed by atoms with Crippen molar-refractivity contribution >= 4 is 27.4 Å². The van der Waals surface area contributed by atoms with Gasteiger partial charge in [0, 0.05) is 23.7 Å². The molecule has 28 heavy (non-hydrogen) atoms. The van der Waals surface area contributed by atoms with Crippen LogP contribution in [0.3, 0.4) is 0 Å². The Morgan fingerprint density at radius 1 is 1.25 bits per heavy atom. The molecule has 2 aromatic carbocycles. The molecule has 0 saturated heterocycles. The molecule has 1 aliphatic rings. The van der Waals surface area contributed by atoms with Crippen LogP contribution in [-0.2, 0) is 10.0 Å². The fourth-order valence-corrected chi connectivity index (χ4v) is 3.56. The second-order valence-electron chi connectivity index (χ2n) is 6.25. The predicted molar refractivity (Wildman–Crippen MR) is 108 cm³/mol. The summed E-state index contributed by atoms with van der Waals surface area (Å²) in [5.74, 6) is 1.03. The van der Waals surface area contributed by atoms with Gasteiger partial charge in [-0.1, -0.05) is 18.2 Å². The number of benzene rings is 2. The van der Waals surface area contributed by atoms with E-state index < -0.39 is 10.0 Å². The van der Waals surface area contributed by atoms with E-state index in [0.717, 1.165) is 11.3 Å². The van der Waals surface area contributed by atoms with Crippen LogP contribution in [0.2, 0.25) is 0 Å². The third kappa shape index (κ3) is 4.66. The highest BCUT2D eigenvalue weighted by atomic mass is 32.2. The molecule has 0 aliphatic carbocycles. The highest BCUT2D eigenvalue weighted by Gasteiger charge is 2.22. The van der Waals surface area contributed by atoms with E-state index in [-0.39, 0.29) is 17.8 Å². The summed E-state index contributed by atoms with van der Waals surface area (Å²) in [4.78, 5) is 12.4. The summed E-state index contributed by atoms with van der Waals surface area (Å²) in [6.07, 6.45) is 0.672. The average Bonchev–Trinajstić information content (AvgIpc) is 2.69. The van der Waals surface area contributed by atoms with E-state index in [0.29, 0.717) is 30.2 Å². The lowest BCUT2D eigenvalue weighted by Crippen LogP contribution is -2.35. The van der Waals surface area contributed by atoms with Crippen LogP contribution in [0.4, 0.5) is 16.2 Å². The second-order valence-corrected chi connectivity index (χ2v) is 8.26. The highest BCUT2D eigenvalue weighted by Crippen LogP contribution is 2.32. The number of carbonyl (C=O) groups is 1. The van der Waals surface area contributed by atoms with Crippen molar-refractivity contribution in [2.75, 3.05) is 29.5 Å². The first-order valence-corrected chi connectivity index (χ1v) is 10.5. The van der Waals surface area contributed by atoms with Crippen molar-refractivity contribution in [1.29, 1.82) is 0 Å². The highest BCUT2D eigenvalue weighted by molar-refractivity contribution is 7.92. The Hall–Kier alpha value is -2.94. The lowest BCUT2D eigenvalue weighted by molar-refractivity contribution is 0.232. The molecule has 1 aliphatic heterocycles. The number of nitrogens with one attached hydrogen (secondary N) is 3. The number of ether oxygens (including phenoxy) is 2. The van der Waals surface area contributed by atoms with Gasteiger partial charge in [-0.3, -0.25) is 4.72 Å². The Bertz CT molecular complexity index is 962. The number of para-hydroxylation sites is 1. The maximum absolute atomic E-state index is 12.4. The van der Waals surface area contributed by atoms with Gasteiger partial charge < -0.3 is 20.1 Å². The van der Waals surface area contributed by atoms with E-state index in [2.05, 4.69) is 15.4 Å². The maximum Gasteiger partial charge on any atom is 0.319 e. The van der Waals surface area contributed by atoms with Crippen molar-refractivity contribution in [2.45, 2.75) is 19.4 Å². The Kier molecular flexibility index (Phi) is 5.93. The van der Waals surface area contributed by atoms with Crippen LogP contribution in [0.1, 0.15) is 24.9 Å². The summed E-state index contributed by atoms with van der Waals surface area (Å²) < 4.78 is 36.8. The van der Waals surface area contributed by atoms with Gasteiger partial charge >= 0.3 is 6.03 Å². The van der Waals surface area contributed by atoms with Gasteiger partial charge in [0.15, 0.2) is 0 Å². The van der Waals surface area contributed by atoms with Gasteiger partial charge in [-0.25, -0.2) is 13.2 Å². The maximum atomic E-state index is 12.4. The van der Waals surface area contributed by atoms with Gasteiger partial charge in [-0.15, -0.1) is 0 Å². The molecule has 1 unspecified atom stereocenters. The Morgan fingerprint density at radius 2 is 2.04 bits per heavy atom. The van der Waals surface area contributed by atoms with E-state index in [9.17, 15) is 13.2 Å². The zero-order valence-electron chi connectivity index (χ0n) is 15.7. The van der Waals surface area contributed by atoms with Crippen molar-refractivity contribution in [3.63, 3.8) is 0 Å². The Morgan fingerprint density at radius 3 is 2.79 bits per heavy atom.